The molecule has 1 aromatic heterocycles. The van der Waals surface area contributed by atoms with Gasteiger partial charge in [-0.1, -0.05) is 29.4 Å². The molecule has 0 spiro atoms. The van der Waals surface area contributed by atoms with Crippen LogP contribution in [-0.4, -0.2) is 52.6 Å². The van der Waals surface area contributed by atoms with Crippen molar-refractivity contribution in [1.82, 2.24) is 9.78 Å². The van der Waals surface area contributed by atoms with Gasteiger partial charge in [0.2, 0.25) is 0 Å². The van der Waals surface area contributed by atoms with E-state index < -0.39 is 29.2 Å². The number of nitrogen functional groups attached to an aromatic ring is 1. The monoisotopic (exact) mass is 402 g/mol. The highest BCUT2D eigenvalue weighted by Crippen LogP contribution is 2.45. The fourth-order valence-corrected chi connectivity index (χ4v) is 3.20. The van der Waals surface area contributed by atoms with E-state index in [1.807, 2.05) is 6.07 Å². The number of carbonyl (C=O) groups excluding carboxylic acids is 1. The van der Waals surface area contributed by atoms with Crippen molar-refractivity contribution in [1.29, 1.82) is 5.26 Å². The smallest absolute Gasteiger partial charge is 0.409 e. The van der Waals surface area contributed by atoms with Crippen LogP contribution in [0.15, 0.2) is 24.3 Å². The summed E-state index contributed by atoms with van der Waals surface area (Å²) in [6.45, 7) is 1.67. The summed E-state index contributed by atoms with van der Waals surface area (Å²) in [6, 6.07) is 6.29. The molecule has 0 fully saturated rings. The van der Waals surface area contributed by atoms with Gasteiger partial charge in [-0.2, -0.15) is 23.5 Å². The number of ether oxygens (including phenoxy) is 1. The lowest BCUT2D eigenvalue weighted by Gasteiger charge is -2.33. The second-order valence-corrected chi connectivity index (χ2v) is 7.84. The number of anilines is 1. The second-order valence-electron chi connectivity index (χ2n) is 7.84. The first-order valence-electron chi connectivity index (χ1n) is 8.85. The minimum atomic E-state index is -4.61. The zero-order valence-electron chi connectivity index (χ0n) is 16.8. The van der Waals surface area contributed by atoms with E-state index in [9.17, 15) is 23.2 Å². The molecule has 0 aliphatic rings. The van der Waals surface area contributed by atoms with E-state index in [1.54, 1.807) is 31.2 Å². The maximum Gasteiger partial charge on any atom is 0.409 e. The molecule has 2 N–H and O–H groups in total. The molecule has 0 amide bonds. The van der Waals surface area contributed by atoms with Crippen LogP contribution >= 0.6 is 0 Å². The van der Waals surface area contributed by atoms with Gasteiger partial charge in [-0.15, -0.1) is 0 Å². The molecule has 0 saturated heterocycles. The third-order valence-corrected chi connectivity index (χ3v) is 4.67. The fourth-order valence-electron chi connectivity index (χ4n) is 3.20. The Bertz CT molecular complexity index is 933. The van der Waals surface area contributed by atoms with E-state index in [4.69, 9.17) is 10.5 Å². The summed E-state index contributed by atoms with van der Waals surface area (Å²) in [5.74, 6) is -1.27. The minimum absolute atomic E-state index is 0.0563. The lowest BCUT2D eigenvalue weighted by Crippen LogP contribution is -2.39. The van der Waals surface area contributed by atoms with Crippen LogP contribution in [0.5, 0.6) is 0 Å². The molecule has 0 radical (unpaired) electrons. The van der Waals surface area contributed by atoms with Crippen molar-refractivity contribution in [3.63, 3.8) is 0 Å². The summed E-state index contributed by atoms with van der Waals surface area (Å²) < 4.78 is 46.6. The molecule has 150 valence electrons. The molecule has 2 atom stereocenters. The molecule has 2 unspecified atom stereocenters. The van der Waals surface area contributed by atoms with Crippen LogP contribution in [0.3, 0.4) is 0 Å². The summed E-state index contributed by atoms with van der Waals surface area (Å²) in [5, 5.41) is 12.3. The van der Waals surface area contributed by atoms with Crippen LogP contribution in [-0.2, 0) is 9.53 Å². The molecule has 29 heavy (non-hydrogen) atoms. The maximum atomic E-state index is 13.7. The largest absolute Gasteiger partial charge is 0.469 e. The van der Waals surface area contributed by atoms with E-state index in [0.717, 1.165) is 0 Å². The van der Waals surface area contributed by atoms with Crippen LogP contribution in [0.25, 0.3) is 11.3 Å². The zero-order chi connectivity index (χ0) is 22.1. The van der Waals surface area contributed by atoms with Gasteiger partial charge >= 0.3 is 12.1 Å². The number of hydrogen-bond donors (Lipinski definition) is 1. The van der Waals surface area contributed by atoms with Crippen molar-refractivity contribution < 1.29 is 22.7 Å². The van der Waals surface area contributed by atoms with Crippen molar-refractivity contribution in [2.45, 2.75) is 30.2 Å². The highest BCUT2D eigenvalue weighted by molar-refractivity contribution is 6.59. The average Bonchev–Trinajstić information content (AvgIpc) is 2.94. The fraction of sp³-hybridized carbons (Fsp3) is 0.353. The van der Waals surface area contributed by atoms with Gasteiger partial charge < -0.3 is 10.5 Å². The first-order valence-corrected chi connectivity index (χ1v) is 8.85. The Morgan fingerprint density at radius 3 is 2.24 bits per heavy atom. The number of aromatic nitrogens is 2. The van der Waals surface area contributed by atoms with Crippen LogP contribution in [0.4, 0.5) is 19.0 Å². The zero-order valence-corrected chi connectivity index (χ0v) is 16.8. The van der Waals surface area contributed by atoms with Gasteiger partial charge in [0.15, 0.2) is 0 Å². The number of alkyl halides is 3. The van der Waals surface area contributed by atoms with Gasteiger partial charge in [-0.05, 0) is 12.5 Å². The summed E-state index contributed by atoms with van der Waals surface area (Å²) in [4.78, 5) is 11.7. The maximum absolute atomic E-state index is 13.7. The minimum Gasteiger partial charge on any atom is -0.469 e. The van der Waals surface area contributed by atoms with Gasteiger partial charge in [0, 0.05) is 5.56 Å². The van der Waals surface area contributed by atoms with Crippen LogP contribution in [0.1, 0.15) is 30.0 Å². The molecule has 6 nitrogen and oxygen atoms in total. The average molecular weight is 402 g/mol. The van der Waals surface area contributed by atoms with Crippen LogP contribution in [0, 0.1) is 11.3 Å². The van der Waals surface area contributed by atoms with Crippen molar-refractivity contribution in [3.05, 3.63) is 35.4 Å². The molecule has 0 saturated carbocycles. The highest BCUT2D eigenvalue weighted by Gasteiger charge is 2.49. The molecule has 0 aliphatic heterocycles. The predicted molar refractivity (Wildman–Crippen MR) is 111 cm³/mol. The van der Waals surface area contributed by atoms with Gasteiger partial charge in [-0.3, -0.25) is 4.79 Å². The number of halogens is 3. The topological polar surface area (TPSA) is 93.9 Å². The molecule has 2 rings (SSSR count). The van der Waals surface area contributed by atoms with Crippen molar-refractivity contribution in [2.24, 2.45) is 0 Å². The first kappa shape index (κ1) is 22.5. The number of carbonyl (C=O) groups is 1. The number of rotatable bonds is 5. The lowest BCUT2D eigenvalue weighted by atomic mass is 9.39. The van der Waals surface area contributed by atoms with Gasteiger partial charge in [0.25, 0.3) is 0 Å². The number of methoxy groups -OCH3 is 1. The number of benzene rings is 1. The number of nitrogens with two attached hydrogens (primary N) is 1. The Labute approximate surface area is 169 Å². The Hall–Kier alpha value is -2.83. The molecule has 0 bridgehead atoms. The summed E-state index contributed by atoms with van der Waals surface area (Å²) in [5.41, 5.74) is 6.91. The van der Waals surface area contributed by atoms with E-state index in [1.165, 1.54) is 30.6 Å². The van der Waals surface area contributed by atoms with Gasteiger partial charge in [0.1, 0.15) is 29.2 Å². The SMILES string of the molecule is BC(B)(B)C(n1nc(-c2ccc(C(C)C(=O)OC)cc2)c(C#N)c1N)C(F)(F)F. The highest BCUT2D eigenvalue weighted by atomic mass is 19.4. The van der Waals surface area contributed by atoms with Gasteiger partial charge in [-0.25, -0.2) is 4.68 Å². The Morgan fingerprint density at radius 1 is 1.28 bits per heavy atom. The normalized spacial score (nSPS) is 14.1. The summed E-state index contributed by atoms with van der Waals surface area (Å²) in [7, 11) is 5.58. The molecule has 12 heteroatoms. The van der Waals surface area contributed by atoms with E-state index in [-0.39, 0.29) is 17.1 Å². The molecular formula is C17H20B3F3N4O2. The predicted octanol–water partition coefficient (Wildman–Crippen LogP) is 0.357. The third-order valence-electron chi connectivity index (χ3n) is 4.67. The third kappa shape index (κ3) is 4.44. The molecule has 0 aliphatic carbocycles. The second kappa shape index (κ2) is 7.89. The lowest BCUT2D eigenvalue weighted by molar-refractivity contribution is -0.169. The summed E-state index contributed by atoms with van der Waals surface area (Å²) >= 11 is 0. The Morgan fingerprint density at radius 2 is 1.83 bits per heavy atom. The van der Waals surface area contributed by atoms with Crippen molar-refractivity contribution >= 4 is 35.3 Å². The number of nitrogens with zero attached hydrogens (tertiary/aromatic N) is 3. The van der Waals surface area contributed by atoms with E-state index in [2.05, 4.69) is 5.10 Å². The van der Waals surface area contributed by atoms with Gasteiger partial charge in [0.05, 0.1) is 36.6 Å². The number of esters is 1. The van der Waals surface area contributed by atoms with Crippen molar-refractivity contribution in [2.75, 3.05) is 12.8 Å². The standard InChI is InChI=1S/C17H20B3F3N4O2/c1-8(14(28)29-2)9-3-5-10(6-4-9)12-11(7-24)13(25)27(26-12)15(16(18,19)20)17(21,22)23/h3-6,8,15H,18-20,25H2,1-2H3. The number of hydrogen-bond acceptors (Lipinski definition) is 5. The number of nitriles is 1. The Balaban J connectivity index is 2.57. The molecule has 1 heterocycles. The Kier molecular flexibility index (Phi) is 6.11. The van der Waals surface area contributed by atoms with Crippen molar-refractivity contribution in [3.8, 4) is 17.3 Å². The molecule has 1 aromatic carbocycles. The quantitative estimate of drug-likeness (QED) is 0.576. The molecular weight excluding hydrogens is 382 g/mol. The van der Waals surface area contributed by atoms with Crippen LogP contribution in [0.2, 0.25) is 5.11 Å². The first-order chi connectivity index (χ1) is 13.3. The summed E-state index contributed by atoms with van der Waals surface area (Å²) in [6.07, 6.45) is -4.61. The van der Waals surface area contributed by atoms with E-state index in [0.29, 0.717) is 15.8 Å². The van der Waals surface area contributed by atoms with Crippen LogP contribution < -0.4 is 5.73 Å². The molecule has 2 aromatic rings. The van der Waals surface area contributed by atoms with E-state index >= 15 is 0 Å².